The largest absolute Gasteiger partial charge is 0.490 e. The lowest BCUT2D eigenvalue weighted by Gasteiger charge is -2.26. The molecule has 1 fully saturated rings. The van der Waals surface area contributed by atoms with Gasteiger partial charge in [0.25, 0.3) is 0 Å². The molecule has 10 nitrogen and oxygen atoms in total. The van der Waals surface area contributed by atoms with E-state index in [4.69, 9.17) is 26.4 Å². The molecule has 0 saturated carbocycles. The van der Waals surface area contributed by atoms with Crippen LogP contribution in [0.15, 0.2) is 17.2 Å². The fourth-order valence-electron chi connectivity index (χ4n) is 2.64. The Morgan fingerprint density at radius 1 is 1.46 bits per heavy atom. The summed E-state index contributed by atoms with van der Waals surface area (Å²) in [7, 11) is 1.36. The van der Waals surface area contributed by atoms with E-state index in [2.05, 4.69) is 20.7 Å². The minimum atomic E-state index is -0.524. The number of nitrogens with one attached hydrogen (secondary N) is 2. The van der Waals surface area contributed by atoms with Gasteiger partial charge in [0, 0.05) is 37.8 Å². The molecular formula is C17H25N5O5S. The number of hydrogen-bond donors (Lipinski definition) is 2. The highest BCUT2D eigenvalue weighted by atomic mass is 32.1. The highest BCUT2D eigenvalue weighted by Crippen LogP contribution is 2.37. The number of nitro groups is 1. The van der Waals surface area contributed by atoms with Gasteiger partial charge in [0.1, 0.15) is 0 Å². The summed E-state index contributed by atoms with van der Waals surface area (Å²) in [4.78, 5) is 13.0. The topological polar surface area (TPSA) is 110 Å². The number of hydrazone groups is 1. The Balaban J connectivity index is 1.91. The SMILES string of the molecule is CCOc1cc(/C=N/NC(=S)NCCN2CCOCC2)cc([N+](=O)[O-])c1OC. The van der Waals surface area contributed by atoms with E-state index in [-0.39, 0.29) is 17.2 Å². The summed E-state index contributed by atoms with van der Waals surface area (Å²) in [6, 6.07) is 2.98. The lowest BCUT2D eigenvalue weighted by atomic mass is 10.2. The molecule has 1 aromatic carbocycles. The molecule has 1 aliphatic rings. The first kappa shape index (κ1) is 21.8. The van der Waals surface area contributed by atoms with Gasteiger partial charge in [-0.25, -0.2) is 0 Å². The van der Waals surface area contributed by atoms with Gasteiger partial charge in [-0.3, -0.25) is 20.4 Å². The van der Waals surface area contributed by atoms with E-state index in [0.29, 0.717) is 23.8 Å². The number of nitro benzene ring substituents is 1. The van der Waals surface area contributed by atoms with Crippen LogP contribution in [0.2, 0.25) is 0 Å². The van der Waals surface area contributed by atoms with Gasteiger partial charge in [-0.2, -0.15) is 5.10 Å². The van der Waals surface area contributed by atoms with Gasteiger partial charge < -0.3 is 19.5 Å². The summed E-state index contributed by atoms with van der Waals surface area (Å²) in [5.41, 5.74) is 2.99. The van der Waals surface area contributed by atoms with Crippen LogP contribution in [0.1, 0.15) is 12.5 Å². The predicted octanol–water partition coefficient (Wildman–Crippen LogP) is 1.13. The molecule has 0 bridgehead atoms. The molecule has 0 amide bonds. The molecule has 1 heterocycles. The number of nitrogens with zero attached hydrogens (tertiary/aromatic N) is 3. The number of hydrogen-bond acceptors (Lipinski definition) is 8. The van der Waals surface area contributed by atoms with E-state index >= 15 is 0 Å². The van der Waals surface area contributed by atoms with Crippen molar-refractivity contribution in [1.29, 1.82) is 0 Å². The number of ether oxygens (including phenoxy) is 3. The van der Waals surface area contributed by atoms with Crippen LogP contribution in [0, 0.1) is 10.1 Å². The van der Waals surface area contributed by atoms with Crippen LogP contribution in [0.25, 0.3) is 0 Å². The van der Waals surface area contributed by atoms with Crippen molar-refractivity contribution >= 4 is 29.2 Å². The van der Waals surface area contributed by atoms with Crippen molar-refractivity contribution < 1.29 is 19.1 Å². The van der Waals surface area contributed by atoms with Crippen molar-refractivity contribution in [3.8, 4) is 11.5 Å². The molecule has 0 aromatic heterocycles. The van der Waals surface area contributed by atoms with Gasteiger partial charge >= 0.3 is 5.69 Å². The first-order valence-corrected chi connectivity index (χ1v) is 9.32. The van der Waals surface area contributed by atoms with Gasteiger partial charge in [-0.15, -0.1) is 0 Å². The average Bonchev–Trinajstić information content (AvgIpc) is 2.68. The molecule has 0 aliphatic carbocycles. The first-order valence-electron chi connectivity index (χ1n) is 8.91. The van der Waals surface area contributed by atoms with Crippen molar-refractivity contribution in [3.05, 3.63) is 27.8 Å². The molecule has 0 spiro atoms. The van der Waals surface area contributed by atoms with E-state index in [9.17, 15) is 10.1 Å². The van der Waals surface area contributed by atoms with E-state index in [1.165, 1.54) is 19.4 Å². The van der Waals surface area contributed by atoms with E-state index in [1.807, 2.05) is 0 Å². The first-order chi connectivity index (χ1) is 13.5. The predicted molar refractivity (Wildman–Crippen MR) is 109 cm³/mol. The molecule has 0 atom stereocenters. The quantitative estimate of drug-likeness (QED) is 0.267. The van der Waals surface area contributed by atoms with Gasteiger partial charge in [-0.05, 0) is 25.2 Å². The standard InChI is InChI=1S/C17H25N5O5S/c1-3-27-15-11-13(10-14(22(23)24)16(15)25-2)12-19-20-17(28)18-4-5-21-6-8-26-9-7-21/h10-12H,3-9H2,1-2H3,(H2,18,20,28)/b19-12+. The maximum Gasteiger partial charge on any atom is 0.315 e. The Bertz CT molecular complexity index is 709. The Morgan fingerprint density at radius 2 is 2.21 bits per heavy atom. The van der Waals surface area contributed by atoms with E-state index in [1.54, 1.807) is 13.0 Å². The monoisotopic (exact) mass is 411 g/mol. The van der Waals surface area contributed by atoms with Crippen molar-refractivity contribution in [2.75, 3.05) is 53.1 Å². The van der Waals surface area contributed by atoms with Gasteiger partial charge in [-0.1, -0.05) is 0 Å². The summed E-state index contributed by atoms with van der Waals surface area (Å²) < 4.78 is 15.9. The lowest BCUT2D eigenvalue weighted by molar-refractivity contribution is -0.385. The Hall–Kier alpha value is -2.50. The summed E-state index contributed by atoms with van der Waals surface area (Å²) in [6.45, 7) is 7.02. The van der Waals surface area contributed by atoms with E-state index in [0.717, 1.165) is 32.8 Å². The maximum atomic E-state index is 11.3. The molecule has 1 aromatic rings. The molecule has 1 aliphatic heterocycles. The highest BCUT2D eigenvalue weighted by Gasteiger charge is 2.21. The third kappa shape index (κ3) is 6.59. The summed E-state index contributed by atoms with van der Waals surface area (Å²) in [6.07, 6.45) is 1.44. The van der Waals surface area contributed by atoms with Crippen molar-refractivity contribution in [2.45, 2.75) is 6.92 Å². The average molecular weight is 411 g/mol. The van der Waals surface area contributed by atoms with Crippen LogP contribution in [0.5, 0.6) is 11.5 Å². The Morgan fingerprint density at radius 3 is 2.86 bits per heavy atom. The van der Waals surface area contributed by atoms with Gasteiger partial charge in [0.2, 0.25) is 5.75 Å². The number of benzene rings is 1. The van der Waals surface area contributed by atoms with Crippen LogP contribution in [-0.4, -0.2) is 74.3 Å². The molecule has 0 radical (unpaired) electrons. The minimum absolute atomic E-state index is 0.0808. The molecule has 2 rings (SSSR count). The fraction of sp³-hybridized carbons (Fsp3) is 0.529. The summed E-state index contributed by atoms with van der Waals surface area (Å²) in [5, 5.41) is 18.8. The maximum absolute atomic E-state index is 11.3. The molecule has 28 heavy (non-hydrogen) atoms. The van der Waals surface area contributed by atoms with E-state index < -0.39 is 4.92 Å². The molecule has 11 heteroatoms. The van der Waals surface area contributed by atoms with Crippen molar-refractivity contribution in [3.63, 3.8) is 0 Å². The third-order valence-electron chi connectivity index (χ3n) is 3.96. The summed E-state index contributed by atoms with van der Waals surface area (Å²) >= 11 is 5.18. The van der Waals surface area contributed by atoms with Crippen molar-refractivity contribution in [1.82, 2.24) is 15.6 Å². The highest BCUT2D eigenvalue weighted by molar-refractivity contribution is 7.80. The Labute approximate surface area is 169 Å². The molecular weight excluding hydrogens is 386 g/mol. The summed E-state index contributed by atoms with van der Waals surface area (Å²) in [5.74, 6) is 0.365. The zero-order chi connectivity index (χ0) is 20.4. The molecule has 1 saturated heterocycles. The number of methoxy groups -OCH3 is 1. The second kappa shape index (κ2) is 11.4. The van der Waals surface area contributed by atoms with Crippen LogP contribution in [-0.2, 0) is 4.74 Å². The van der Waals surface area contributed by atoms with Crippen LogP contribution >= 0.6 is 12.2 Å². The second-order valence-electron chi connectivity index (χ2n) is 5.84. The second-order valence-corrected chi connectivity index (χ2v) is 6.25. The Kier molecular flexibility index (Phi) is 8.85. The zero-order valence-corrected chi connectivity index (χ0v) is 16.8. The zero-order valence-electron chi connectivity index (χ0n) is 16.0. The molecule has 154 valence electrons. The van der Waals surface area contributed by atoms with Gasteiger partial charge in [0.05, 0.1) is 38.1 Å². The van der Waals surface area contributed by atoms with Gasteiger partial charge in [0.15, 0.2) is 10.9 Å². The van der Waals surface area contributed by atoms with Crippen LogP contribution in [0.3, 0.4) is 0 Å². The number of rotatable bonds is 9. The minimum Gasteiger partial charge on any atom is -0.490 e. The normalized spacial score (nSPS) is 14.6. The lowest BCUT2D eigenvalue weighted by Crippen LogP contribution is -2.42. The van der Waals surface area contributed by atoms with Crippen LogP contribution in [0.4, 0.5) is 5.69 Å². The fourth-order valence-corrected chi connectivity index (χ4v) is 2.80. The smallest absolute Gasteiger partial charge is 0.315 e. The number of morpholine rings is 1. The number of thiocarbonyl (C=S) groups is 1. The third-order valence-corrected chi connectivity index (χ3v) is 4.19. The van der Waals surface area contributed by atoms with Crippen LogP contribution < -0.4 is 20.2 Å². The molecule has 2 N–H and O–H groups in total. The van der Waals surface area contributed by atoms with Crippen molar-refractivity contribution in [2.24, 2.45) is 5.10 Å². The molecule has 0 unspecified atom stereocenters.